The molecule has 1 unspecified atom stereocenters. The molecule has 0 fully saturated rings. The van der Waals surface area contributed by atoms with Crippen molar-refractivity contribution < 1.29 is 0 Å². The molecule has 0 saturated carbocycles. The first-order valence-electron chi connectivity index (χ1n) is 10.8. The Morgan fingerprint density at radius 1 is 0.793 bits per heavy atom. The molecular formula is C29H28. The van der Waals surface area contributed by atoms with Gasteiger partial charge in [0.25, 0.3) is 0 Å². The summed E-state index contributed by atoms with van der Waals surface area (Å²) in [4.78, 5) is 0. The summed E-state index contributed by atoms with van der Waals surface area (Å²) in [5.41, 5.74) is 13.1. The zero-order valence-electron chi connectivity index (χ0n) is 17.4. The van der Waals surface area contributed by atoms with Gasteiger partial charge in [-0.05, 0) is 89.6 Å². The second kappa shape index (κ2) is 7.52. The van der Waals surface area contributed by atoms with Gasteiger partial charge >= 0.3 is 0 Å². The summed E-state index contributed by atoms with van der Waals surface area (Å²) in [7, 11) is 0. The average Bonchev–Trinajstić information content (AvgIpc) is 3.00. The Hall–Kier alpha value is -2.86. The monoisotopic (exact) mass is 376 g/mol. The number of aryl methyl sites for hydroxylation is 1. The fraction of sp³-hybridized carbons (Fsp3) is 0.241. The van der Waals surface area contributed by atoms with Crippen LogP contribution in [0.3, 0.4) is 0 Å². The van der Waals surface area contributed by atoms with E-state index in [1.54, 1.807) is 0 Å². The highest BCUT2D eigenvalue weighted by Crippen LogP contribution is 2.40. The van der Waals surface area contributed by atoms with E-state index < -0.39 is 0 Å². The summed E-state index contributed by atoms with van der Waals surface area (Å²) in [6, 6.07) is 2.38. The second-order valence-corrected chi connectivity index (χ2v) is 8.55. The highest BCUT2D eigenvalue weighted by atomic mass is 14.3. The first kappa shape index (κ1) is 18.2. The summed E-state index contributed by atoms with van der Waals surface area (Å²) in [6.07, 6.45) is 31.7. The molecule has 0 heterocycles. The van der Waals surface area contributed by atoms with E-state index in [2.05, 4.69) is 92.8 Å². The van der Waals surface area contributed by atoms with Crippen LogP contribution in [-0.4, -0.2) is 0 Å². The largest absolute Gasteiger partial charge is 0.0801 e. The van der Waals surface area contributed by atoms with Gasteiger partial charge in [0.05, 0.1) is 0 Å². The van der Waals surface area contributed by atoms with Gasteiger partial charge in [-0.3, -0.25) is 0 Å². The molecule has 1 atom stereocenters. The first-order chi connectivity index (χ1) is 14.2. The van der Waals surface area contributed by atoms with Crippen LogP contribution in [-0.2, 0) is 6.42 Å². The Labute approximate surface area is 174 Å². The Bertz CT molecular complexity index is 1100. The van der Waals surface area contributed by atoms with Crippen molar-refractivity contribution in [2.75, 3.05) is 0 Å². The minimum absolute atomic E-state index is 0.554. The zero-order valence-corrected chi connectivity index (χ0v) is 17.4. The first-order valence-corrected chi connectivity index (χ1v) is 10.8. The molecule has 5 rings (SSSR count). The highest BCUT2D eigenvalue weighted by Gasteiger charge is 2.22. The summed E-state index contributed by atoms with van der Waals surface area (Å²) in [5.74, 6) is 0.554. The summed E-state index contributed by atoms with van der Waals surface area (Å²) >= 11 is 0. The Kier molecular flexibility index (Phi) is 4.72. The van der Waals surface area contributed by atoms with Crippen LogP contribution in [0.1, 0.15) is 47.1 Å². The van der Waals surface area contributed by atoms with Crippen molar-refractivity contribution in [1.82, 2.24) is 0 Å². The van der Waals surface area contributed by atoms with Crippen LogP contribution in [0.2, 0.25) is 0 Å². The second-order valence-electron chi connectivity index (χ2n) is 8.55. The molecule has 0 N–H and O–H groups in total. The maximum atomic E-state index is 2.39. The van der Waals surface area contributed by atoms with E-state index in [1.807, 2.05) is 0 Å². The van der Waals surface area contributed by atoms with Gasteiger partial charge in [0.1, 0.15) is 0 Å². The maximum Gasteiger partial charge on any atom is 0.00615 e. The summed E-state index contributed by atoms with van der Waals surface area (Å²) < 4.78 is 0. The van der Waals surface area contributed by atoms with E-state index in [1.165, 1.54) is 50.1 Å². The SMILES string of the molecule is Cc1cc2c(c(C3=CC=C(C4=CC=C5C=CC=CC5C4)CC3)c1C)C=CC=CC2. The molecule has 0 bridgehead atoms. The van der Waals surface area contributed by atoms with Crippen LogP contribution in [0, 0.1) is 19.8 Å². The van der Waals surface area contributed by atoms with Crippen LogP contribution in [0.15, 0.2) is 89.6 Å². The molecule has 1 aromatic rings. The van der Waals surface area contributed by atoms with Crippen LogP contribution >= 0.6 is 0 Å². The van der Waals surface area contributed by atoms with Crippen molar-refractivity contribution in [3.63, 3.8) is 0 Å². The lowest BCUT2D eigenvalue weighted by atomic mass is 9.78. The minimum Gasteiger partial charge on any atom is -0.0801 e. The van der Waals surface area contributed by atoms with Gasteiger partial charge in [0, 0.05) is 5.92 Å². The molecule has 0 aliphatic heterocycles. The van der Waals surface area contributed by atoms with E-state index in [0.29, 0.717) is 5.92 Å². The molecule has 1 aromatic carbocycles. The molecule has 144 valence electrons. The van der Waals surface area contributed by atoms with Crippen molar-refractivity contribution in [2.24, 2.45) is 5.92 Å². The van der Waals surface area contributed by atoms with Crippen molar-refractivity contribution in [2.45, 2.75) is 39.5 Å². The van der Waals surface area contributed by atoms with E-state index in [9.17, 15) is 0 Å². The quantitative estimate of drug-likeness (QED) is 0.500. The summed E-state index contributed by atoms with van der Waals surface area (Å²) in [5, 5.41) is 0. The molecule has 29 heavy (non-hydrogen) atoms. The predicted molar refractivity (Wildman–Crippen MR) is 126 cm³/mol. The lowest BCUT2D eigenvalue weighted by molar-refractivity contribution is 0.741. The average molecular weight is 377 g/mol. The van der Waals surface area contributed by atoms with Gasteiger partial charge in [-0.1, -0.05) is 79.0 Å². The lowest BCUT2D eigenvalue weighted by Gasteiger charge is -2.26. The zero-order chi connectivity index (χ0) is 19.8. The third kappa shape index (κ3) is 3.38. The third-order valence-corrected chi connectivity index (χ3v) is 6.79. The molecule has 0 saturated heterocycles. The van der Waals surface area contributed by atoms with Crippen molar-refractivity contribution in [1.29, 1.82) is 0 Å². The fourth-order valence-corrected chi connectivity index (χ4v) is 5.02. The number of rotatable bonds is 2. The van der Waals surface area contributed by atoms with Gasteiger partial charge in [0.2, 0.25) is 0 Å². The fourth-order valence-electron chi connectivity index (χ4n) is 5.02. The summed E-state index contributed by atoms with van der Waals surface area (Å²) in [6.45, 7) is 4.54. The molecule has 4 aliphatic rings. The van der Waals surface area contributed by atoms with Crippen molar-refractivity contribution in [3.8, 4) is 0 Å². The number of benzene rings is 1. The normalized spacial score (nSPS) is 22.2. The maximum absolute atomic E-state index is 2.39. The highest BCUT2D eigenvalue weighted by molar-refractivity contribution is 5.81. The molecule has 0 heteroatoms. The smallest absolute Gasteiger partial charge is 0.00615 e. The molecule has 0 radical (unpaired) electrons. The molecular weight excluding hydrogens is 348 g/mol. The van der Waals surface area contributed by atoms with E-state index in [4.69, 9.17) is 0 Å². The Morgan fingerprint density at radius 2 is 1.59 bits per heavy atom. The molecule has 0 aromatic heterocycles. The number of hydrogen-bond donors (Lipinski definition) is 0. The molecule has 0 amide bonds. The van der Waals surface area contributed by atoms with Crippen LogP contribution in [0.5, 0.6) is 0 Å². The molecule has 0 nitrogen and oxygen atoms in total. The van der Waals surface area contributed by atoms with Crippen molar-refractivity contribution >= 4 is 11.6 Å². The number of allylic oxidation sites excluding steroid dienone is 15. The molecule has 0 spiro atoms. The standard InChI is InChI=1S/C29H28/c1-20-18-27-10-4-3-5-11-28(27)29(21(20)2)24-15-12-23(13-16-24)26-17-14-22-8-6-7-9-25(22)19-26/h3-9,11-12,14-15,17-18,25H,10,13,16,19H2,1-2H3. The van der Waals surface area contributed by atoms with Gasteiger partial charge in [-0.25, -0.2) is 0 Å². The third-order valence-electron chi connectivity index (χ3n) is 6.79. The van der Waals surface area contributed by atoms with Crippen LogP contribution < -0.4 is 0 Å². The van der Waals surface area contributed by atoms with Crippen molar-refractivity contribution in [3.05, 3.63) is 117 Å². The van der Waals surface area contributed by atoms with E-state index >= 15 is 0 Å². The topological polar surface area (TPSA) is 0 Å². The Morgan fingerprint density at radius 3 is 2.45 bits per heavy atom. The van der Waals surface area contributed by atoms with E-state index in [0.717, 1.165) is 25.7 Å². The lowest BCUT2D eigenvalue weighted by Crippen LogP contribution is -2.10. The van der Waals surface area contributed by atoms with Gasteiger partial charge in [-0.2, -0.15) is 0 Å². The number of fused-ring (bicyclic) bond motifs is 2. The number of hydrogen-bond acceptors (Lipinski definition) is 0. The Balaban J connectivity index is 1.50. The van der Waals surface area contributed by atoms with E-state index in [-0.39, 0.29) is 0 Å². The van der Waals surface area contributed by atoms with Gasteiger partial charge < -0.3 is 0 Å². The van der Waals surface area contributed by atoms with Gasteiger partial charge in [0.15, 0.2) is 0 Å². The van der Waals surface area contributed by atoms with Gasteiger partial charge in [-0.15, -0.1) is 0 Å². The minimum atomic E-state index is 0.554. The molecule has 4 aliphatic carbocycles. The predicted octanol–water partition coefficient (Wildman–Crippen LogP) is 7.53. The van der Waals surface area contributed by atoms with Crippen LogP contribution in [0.25, 0.3) is 11.6 Å². The van der Waals surface area contributed by atoms with Crippen LogP contribution in [0.4, 0.5) is 0 Å².